The molecule has 1 aliphatic heterocycles. The molecule has 1 heterocycles. The van der Waals surface area contributed by atoms with Crippen LogP contribution >= 0.6 is 11.6 Å². The number of alkyl halides is 4. The Hall–Kier alpha value is -1.50. The summed E-state index contributed by atoms with van der Waals surface area (Å²) < 4.78 is 59.2. The topological polar surface area (TPSA) is 35.5 Å². The highest BCUT2D eigenvalue weighted by Gasteiger charge is 2.66. The molecular formula is C10H5ClF4O3. The number of hydrogen-bond acceptors (Lipinski definition) is 3. The molecule has 1 aromatic rings. The van der Waals surface area contributed by atoms with Crippen LogP contribution in [0, 0.1) is 0 Å². The van der Waals surface area contributed by atoms with Gasteiger partial charge in [-0.1, -0.05) is 11.6 Å². The molecule has 0 aliphatic carbocycles. The van der Waals surface area contributed by atoms with Gasteiger partial charge in [-0.2, -0.15) is 17.6 Å². The van der Waals surface area contributed by atoms with Gasteiger partial charge in [-0.05, 0) is 13.0 Å². The smallest absolute Gasteiger partial charge is 0.421 e. The van der Waals surface area contributed by atoms with Crippen LogP contribution in [0.5, 0.6) is 11.5 Å². The maximum absolute atomic E-state index is 12.9. The zero-order valence-corrected chi connectivity index (χ0v) is 9.53. The van der Waals surface area contributed by atoms with Gasteiger partial charge < -0.3 is 9.47 Å². The predicted molar refractivity (Wildman–Crippen MR) is 52.6 cm³/mol. The molecule has 0 spiro atoms. The highest BCUT2D eigenvalue weighted by atomic mass is 35.5. The van der Waals surface area contributed by atoms with E-state index in [1.165, 1.54) is 0 Å². The van der Waals surface area contributed by atoms with E-state index in [-0.39, 0.29) is 10.6 Å². The fourth-order valence-corrected chi connectivity index (χ4v) is 1.65. The molecule has 2 rings (SSSR count). The molecule has 1 aliphatic rings. The number of ether oxygens (including phenoxy) is 2. The normalized spacial score (nSPS) is 19.4. The summed E-state index contributed by atoms with van der Waals surface area (Å²) >= 11 is 5.63. The van der Waals surface area contributed by atoms with Gasteiger partial charge >= 0.3 is 12.2 Å². The SMILES string of the molecule is CC(=O)c1cc2c(cc1Cl)OC(F)(F)C(F)(F)O2. The lowest BCUT2D eigenvalue weighted by molar-refractivity contribution is -0.391. The second-order valence-electron chi connectivity index (χ2n) is 3.57. The van der Waals surface area contributed by atoms with Gasteiger partial charge in [0, 0.05) is 11.6 Å². The van der Waals surface area contributed by atoms with E-state index >= 15 is 0 Å². The van der Waals surface area contributed by atoms with Crippen LogP contribution in [0.1, 0.15) is 17.3 Å². The van der Waals surface area contributed by atoms with Crippen molar-refractivity contribution in [2.75, 3.05) is 0 Å². The Morgan fingerprint density at radius 2 is 1.56 bits per heavy atom. The van der Waals surface area contributed by atoms with Crippen LogP contribution in [0.4, 0.5) is 17.6 Å². The van der Waals surface area contributed by atoms with Crippen molar-refractivity contribution in [3.05, 3.63) is 22.7 Å². The van der Waals surface area contributed by atoms with Crippen LogP contribution in [0.15, 0.2) is 12.1 Å². The lowest BCUT2D eigenvalue weighted by atomic mass is 10.1. The third kappa shape index (κ3) is 1.88. The first-order valence-electron chi connectivity index (χ1n) is 4.62. The Labute approximate surface area is 103 Å². The van der Waals surface area contributed by atoms with Gasteiger partial charge in [0.05, 0.1) is 5.02 Å². The number of carbonyl (C=O) groups excluding carboxylic acids is 1. The zero-order chi connectivity index (χ0) is 13.7. The summed E-state index contributed by atoms with van der Waals surface area (Å²) in [5.41, 5.74) is -0.125. The van der Waals surface area contributed by atoms with E-state index in [0.29, 0.717) is 0 Å². The van der Waals surface area contributed by atoms with Crippen molar-refractivity contribution in [2.45, 2.75) is 19.1 Å². The molecule has 0 saturated heterocycles. The number of rotatable bonds is 1. The molecule has 0 bridgehead atoms. The number of hydrogen-bond donors (Lipinski definition) is 0. The first-order chi connectivity index (χ1) is 8.14. The van der Waals surface area contributed by atoms with Crippen molar-refractivity contribution in [1.82, 2.24) is 0 Å². The van der Waals surface area contributed by atoms with Gasteiger partial charge in [0.15, 0.2) is 17.3 Å². The molecule has 3 nitrogen and oxygen atoms in total. The Bertz CT molecular complexity index is 530. The van der Waals surface area contributed by atoms with Crippen LogP contribution < -0.4 is 9.47 Å². The van der Waals surface area contributed by atoms with Gasteiger partial charge in [0.2, 0.25) is 0 Å². The molecule has 0 fully saturated rings. The molecule has 0 aromatic heterocycles. The van der Waals surface area contributed by atoms with Crippen molar-refractivity contribution in [3.8, 4) is 11.5 Å². The average molecular weight is 285 g/mol. The van der Waals surface area contributed by atoms with Crippen molar-refractivity contribution < 1.29 is 31.8 Å². The molecule has 0 unspecified atom stereocenters. The van der Waals surface area contributed by atoms with Crippen LogP contribution in [-0.2, 0) is 0 Å². The van der Waals surface area contributed by atoms with Gasteiger partial charge in [-0.3, -0.25) is 4.79 Å². The van der Waals surface area contributed by atoms with Crippen molar-refractivity contribution >= 4 is 17.4 Å². The van der Waals surface area contributed by atoms with Crippen LogP contribution in [0.2, 0.25) is 5.02 Å². The number of carbonyl (C=O) groups is 1. The Morgan fingerprint density at radius 3 is 2.00 bits per heavy atom. The minimum atomic E-state index is -4.82. The summed E-state index contributed by atoms with van der Waals surface area (Å²) in [6.07, 6.45) is -9.62. The lowest BCUT2D eigenvalue weighted by Gasteiger charge is -2.32. The molecular weight excluding hydrogens is 280 g/mol. The Morgan fingerprint density at radius 1 is 1.11 bits per heavy atom. The summed E-state index contributed by atoms with van der Waals surface area (Å²) in [4.78, 5) is 11.1. The fraction of sp³-hybridized carbons (Fsp3) is 0.300. The molecule has 0 radical (unpaired) electrons. The highest BCUT2D eigenvalue weighted by molar-refractivity contribution is 6.34. The Balaban J connectivity index is 2.55. The van der Waals surface area contributed by atoms with Gasteiger partial charge in [-0.15, -0.1) is 0 Å². The zero-order valence-electron chi connectivity index (χ0n) is 8.77. The molecule has 1 aromatic carbocycles. The molecule has 98 valence electrons. The quantitative estimate of drug-likeness (QED) is 0.585. The number of benzene rings is 1. The minimum absolute atomic E-state index is 0.125. The van der Waals surface area contributed by atoms with E-state index in [4.69, 9.17) is 11.6 Å². The largest absolute Gasteiger partial charge is 0.507 e. The van der Waals surface area contributed by atoms with E-state index in [1.54, 1.807) is 0 Å². The second-order valence-corrected chi connectivity index (χ2v) is 3.98. The molecule has 18 heavy (non-hydrogen) atoms. The van der Waals surface area contributed by atoms with Gasteiger partial charge in [0.25, 0.3) is 0 Å². The first-order valence-corrected chi connectivity index (χ1v) is 5.00. The van der Waals surface area contributed by atoms with E-state index in [2.05, 4.69) is 9.47 Å². The standard InChI is InChI=1S/C10H5ClF4O3/c1-4(16)5-2-7-8(3-6(5)11)18-10(14,15)9(12,13)17-7/h2-3H,1H3. The first kappa shape index (κ1) is 12.9. The van der Waals surface area contributed by atoms with Crippen molar-refractivity contribution in [2.24, 2.45) is 0 Å². The number of Topliss-reactive ketones (excluding diaryl/α,β-unsaturated/α-hetero) is 1. The fourth-order valence-electron chi connectivity index (χ4n) is 1.36. The number of fused-ring (bicyclic) bond motifs is 1. The van der Waals surface area contributed by atoms with E-state index in [9.17, 15) is 22.4 Å². The number of ketones is 1. The predicted octanol–water partition coefficient (Wildman–Crippen LogP) is 3.50. The summed E-state index contributed by atoms with van der Waals surface area (Å²) in [5, 5.41) is -0.189. The summed E-state index contributed by atoms with van der Waals surface area (Å²) in [7, 11) is 0. The van der Waals surface area contributed by atoms with Crippen LogP contribution in [0.3, 0.4) is 0 Å². The van der Waals surface area contributed by atoms with Crippen molar-refractivity contribution in [1.29, 1.82) is 0 Å². The maximum atomic E-state index is 12.9. The molecule has 0 saturated carbocycles. The monoisotopic (exact) mass is 284 g/mol. The molecule has 8 heteroatoms. The summed E-state index contributed by atoms with van der Waals surface area (Å²) in [6.45, 7) is 1.14. The minimum Gasteiger partial charge on any atom is -0.421 e. The molecule has 0 atom stereocenters. The molecule has 0 N–H and O–H groups in total. The van der Waals surface area contributed by atoms with Crippen LogP contribution in [0.25, 0.3) is 0 Å². The molecule has 0 amide bonds. The third-order valence-corrected chi connectivity index (χ3v) is 2.54. The van der Waals surface area contributed by atoms with E-state index in [1.807, 2.05) is 0 Å². The third-order valence-electron chi connectivity index (χ3n) is 2.23. The summed E-state index contributed by atoms with van der Waals surface area (Å²) in [6, 6.07) is 1.67. The van der Waals surface area contributed by atoms with Gasteiger partial charge in [0.1, 0.15) is 0 Å². The second kappa shape index (κ2) is 3.74. The van der Waals surface area contributed by atoms with E-state index in [0.717, 1.165) is 19.1 Å². The lowest BCUT2D eigenvalue weighted by Crippen LogP contribution is -2.52. The summed E-state index contributed by atoms with van der Waals surface area (Å²) in [5.74, 6) is -1.84. The average Bonchev–Trinajstić information content (AvgIpc) is 2.18. The van der Waals surface area contributed by atoms with Crippen LogP contribution in [-0.4, -0.2) is 18.0 Å². The van der Waals surface area contributed by atoms with E-state index < -0.39 is 29.5 Å². The highest BCUT2D eigenvalue weighted by Crippen LogP contribution is 2.48. The van der Waals surface area contributed by atoms with Gasteiger partial charge in [-0.25, -0.2) is 0 Å². The Kier molecular flexibility index (Phi) is 2.69. The van der Waals surface area contributed by atoms with Crippen molar-refractivity contribution in [3.63, 3.8) is 0 Å². The number of halogens is 5. The maximum Gasteiger partial charge on any atom is 0.507 e.